The van der Waals surface area contributed by atoms with Crippen molar-refractivity contribution in [3.05, 3.63) is 65.7 Å². The van der Waals surface area contributed by atoms with Crippen molar-refractivity contribution in [3.63, 3.8) is 0 Å². The van der Waals surface area contributed by atoms with Crippen LogP contribution >= 0.6 is 0 Å². The molecule has 0 aliphatic carbocycles. The zero-order chi connectivity index (χ0) is 29.9. The molecule has 2 aromatic carbocycles. The van der Waals surface area contributed by atoms with Crippen molar-refractivity contribution in [2.45, 2.75) is 81.9 Å². The Hall–Kier alpha value is -2.34. The van der Waals surface area contributed by atoms with E-state index < -0.39 is 28.0 Å². The van der Waals surface area contributed by atoms with Crippen LogP contribution in [-0.4, -0.2) is 92.1 Å². The minimum atomic E-state index is -3.91. The SMILES string of the molecule is Cc1ccc(S(=O)(=O)N(C[C@@H](O)[C@@H](CC(=O)O[C@H]2CO[C@H]3OCCC32)Cc2ccccc2)C2CCN(C(C)C)C2)cc1. The van der Waals surface area contributed by atoms with E-state index in [4.69, 9.17) is 14.2 Å². The quantitative estimate of drug-likeness (QED) is 0.370. The number of carbonyl (C=O) groups is 1. The molecule has 9 nitrogen and oxygen atoms in total. The second-order valence-electron chi connectivity index (χ2n) is 12.2. The minimum Gasteiger partial charge on any atom is -0.459 e. The summed E-state index contributed by atoms with van der Waals surface area (Å²) >= 11 is 0. The fourth-order valence-electron chi connectivity index (χ4n) is 6.33. The molecular weight excluding hydrogens is 556 g/mol. The Kier molecular flexibility index (Phi) is 10.0. The van der Waals surface area contributed by atoms with Gasteiger partial charge in [-0.2, -0.15) is 4.31 Å². The zero-order valence-electron chi connectivity index (χ0n) is 24.8. The lowest BCUT2D eigenvalue weighted by Crippen LogP contribution is -2.48. The summed E-state index contributed by atoms with van der Waals surface area (Å²) in [5.41, 5.74) is 1.93. The standard InChI is InChI=1S/C32H44N2O7S/c1-22(2)33-15-13-26(19-33)34(42(37,38)27-11-9-23(3)10-12-27)20-29(35)25(17-24-7-5-4-6-8-24)18-31(36)41-30-21-40-32-28(30)14-16-39-32/h4-12,22,25-26,28-30,32,35H,13-21H2,1-3H3/t25-,26?,28?,29-,30+,32-/m1/s1. The molecule has 0 aromatic heterocycles. The zero-order valence-corrected chi connectivity index (χ0v) is 25.6. The molecule has 3 aliphatic heterocycles. The second-order valence-corrected chi connectivity index (χ2v) is 14.1. The first kappa shape index (κ1) is 31.1. The van der Waals surface area contributed by atoms with Gasteiger partial charge in [0.2, 0.25) is 10.0 Å². The molecule has 0 amide bonds. The molecule has 3 aliphatic rings. The summed E-state index contributed by atoms with van der Waals surface area (Å²) < 4.78 is 46.6. The van der Waals surface area contributed by atoms with E-state index >= 15 is 0 Å². The van der Waals surface area contributed by atoms with Gasteiger partial charge in [0.15, 0.2) is 6.29 Å². The molecule has 42 heavy (non-hydrogen) atoms. The van der Waals surface area contributed by atoms with E-state index in [-0.39, 0.29) is 48.3 Å². The summed E-state index contributed by atoms with van der Waals surface area (Å²) in [4.78, 5) is 15.7. The van der Waals surface area contributed by atoms with Crippen molar-refractivity contribution >= 4 is 16.0 Å². The number of hydrogen-bond acceptors (Lipinski definition) is 8. The van der Waals surface area contributed by atoms with Gasteiger partial charge in [-0.15, -0.1) is 0 Å². The molecule has 3 heterocycles. The highest BCUT2D eigenvalue weighted by Crippen LogP contribution is 2.34. The van der Waals surface area contributed by atoms with E-state index in [1.165, 1.54) is 4.31 Å². The van der Waals surface area contributed by atoms with Crippen LogP contribution in [0.15, 0.2) is 59.5 Å². The van der Waals surface area contributed by atoms with Crippen LogP contribution < -0.4 is 0 Å². The molecule has 0 bridgehead atoms. The number of aryl methyl sites for hydroxylation is 1. The first-order chi connectivity index (χ1) is 20.1. The van der Waals surface area contributed by atoms with Gasteiger partial charge in [0.1, 0.15) is 6.10 Å². The molecule has 3 saturated heterocycles. The summed E-state index contributed by atoms with van der Waals surface area (Å²) in [5.74, 6) is -0.944. The topological polar surface area (TPSA) is 106 Å². The maximum absolute atomic E-state index is 14.1. The maximum Gasteiger partial charge on any atom is 0.306 e. The number of likely N-dealkylation sites (tertiary alicyclic amines) is 1. The van der Waals surface area contributed by atoms with Gasteiger partial charge in [0.05, 0.1) is 36.6 Å². The molecule has 230 valence electrons. The number of benzene rings is 2. The first-order valence-corrected chi connectivity index (χ1v) is 16.5. The van der Waals surface area contributed by atoms with Crippen LogP contribution in [0.4, 0.5) is 0 Å². The third kappa shape index (κ3) is 7.23. The number of fused-ring (bicyclic) bond motifs is 1. The number of aliphatic hydroxyl groups excluding tert-OH is 1. The molecule has 0 saturated carbocycles. The highest BCUT2D eigenvalue weighted by Gasteiger charge is 2.44. The fourth-order valence-corrected chi connectivity index (χ4v) is 8.00. The summed E-state index contributed by atoms with van der Waals surface area (Å²) in [5, 5.41) is 11.7. The number of sulfonamides is 1. The van der Waals surface area contributed by atoms with Crippen molar-refractivity contribution in [1.82, 2.24) is 9.21 Å². The van der Waals surface area contributed by atoms with Crippen LogP contribution in [0.1, 0.15) is 44.2 Å². The molecule has 10 heteroatoms. The first-order valence-electron chi connectivity index (χ1n) is 15.1. The monoisotopic (exact) mass is 600 g/mol. The smallest absolute Gasteiger partial charge is 0.306 e. The minimum absolute atomic E-state index is 0.0212. The maximum atomic E-state index is 14.1. The van der Waals surface area contributed by atoms with Crippen LogP contribution in [0.3, 0.4) is 0 Å². The summed E-state index contributed by atoms with van der Waals surface area (Å²) in [6, 6.07) is 16.5. The van der Waals surface area contributed by atoms with Gasteiger partial charge in [-0.3, -0.25) is 9.69 Å². The van der Waals surface area contributed by atoms with Crippen LogP contribution in [-0.2, 0) is 35.4 Å². The highest BCUT2D eigenvalue weighted by atomic mass is 32.2. The largest absolute Gasteiger partial charge is 0.459 e. The molecule has 0 spiro atoms. The van der Waals surface area contributed by atoms with Crippen LogP contribution in [0, 0.1) is 18.8 Å². The third-order valence-electron chi connectivity index (χ3n) is 8.91. The number of hydrogen-bond donors (Lipinski definition) is 1. The van der Waals surface area contributed by atoms with Crippen molar-refractivity contribution in [1.29, 1.82) is 0 Å². The Morgan fingerprint density at radius 3 is 2.52 bits per heavy atom. The predicted octanol–water partition coefficient (Wildman–Crippen LogP) is 3.38. The van der Waals surface area contributed by atoms with Crippen molar-refractivity contribution in [2.75, 3.05) is 32.8 Å². The second kappa shape index (κ2) is 13.5. The average molecular weight is 601 g/mol. The van der Waals surface area contributed by atoms with Crippen molar-refractivity contribution in [3.8, 4) is 0 Å². The van der Waals surface area contributed by atoms with E-state index in [2.05, 4.69) is 18.7 Å². The van der Waals surface area contributed by atoms with Gasteiger partial charge in [0, 0.05) is 37.6 Å². The molecule has 2 unspecified atom stereocenters. The molecule has 0 radical (unpaired) electrons. The normalized spacial score (nSPS) is 26.0. The van der Waals surface area contributed by atoms with Crippen molar-refractivity contribution in [2.24, 2.45) is 11.8 Å². The highest BCUT2D eigenvalue weighted by molar-refractivity contribution is 7.89. The molecule has 1 N–H and O–H groups in total. The van der Waals surface area contributed by atoms with E-state index in [0.717, 1.165) is 24.1 Å². The predicted molar refractivity (Wildman–Crippen MR) is 158 cm³/mol. The van der Waals surface area contributed by atoms with Crippen LogP contribution in [0.5, 0.6) is 0 Å². The number of aliphatic hydroxyl groups is 1. The van der Waals surface area contributed by atoms with Crippen LogP contribution in [0.25, 0.3) is 0 Å². The van der Waals surface area contributed by atoms with Gasteiger partial charge >= 0.3 is 5.97 Å². The average Bonchev–Trinajstić information content (AvgIpc) is 3.71. The lowest BCUT2D eigenvalue weighted by atomic mass is 9.90. The molecule has 5 rings (SSSR count). The van der Waals surface area contributed by atoms with Gasteiger partial charge in [-0.1, -0.05) is 48.0 Å². The summed E-state index contributed by atoms with van der Waals surface area (Å²) in [6.45, 7) is 8.27. The Balaban J connectivity index is 1.37. The van der Waals surface area contributed by atoms with E-state index in [1.807, 2.05) is 37.3 Å². The Bertz CT molecular complexity index is 1290. The Labute approximate surface area is 249 Å². The van der Waals surface area contributed by atoms with Crippen LogP contribution in [0.2, 0.25) is 0 Å². The third-order valence-corrected chi connectivity index (χ3v) is 10.8. The molecular formula is C32H44N2O7S. The lowest BCUT2D eigenvalue weighted by molar-refractivity contribution is -0.153. The van der Waals surface area contributed by atoms with E-state index in [9.17, 15) is 18.3 Å². The summed E-state index contributed by atoms with van der Waals surface area (Å²) in [6.07, 6.45) is 0.0333. The Morgan fingerprint density at radius 2 is 1.83 bits per heavy atom. The van der Waals surface area contributed by atoms with Gasteiger partial charge in [-0.05, 0) is 57.7 Å². The summed E-state index contributed by atoms with van der Waals surface area (Å²) in [7, 11) is -3.91. The van der Waals surface area contributed by atoms with E-state index in [0.29, 0.717) is 32.6 Å². The lowest BCUT2D eigenvalue weighted by Gasteiger charge is -2.33. The van der Waals surface area contributed by atoms with Gasteiger partial charge in [0.25, 0.3) is 0 Å². The fraction of sp³-hybridized carbons (Fsp3) is 0.594. The molecule has 3 fully saturated rings. The molecule has 6 atom stereocenters. The van der Waals surface area contributed by atoms with E-state index in [1.54, 1.807) is 24.3 Å². The van der Waals surface area contributed by atoms with Crippen molar-refractivity contribution < 1.29 is 32.5 Å². The number of carbonyl (C=O) groups excluding carboxylic acids is 1. The number of esters is 1. The van der Waals surface area contributed by atoms with Gasteiger partial charge < -0.3 is 19.3 Å². The van der Waals surface area contributed by atoms with Gasteiger partial charge in [-0.25, -0.2) is 8.42 Å². The Morgan fingerprint density at radius 1 is 1.10 bits per heavy atom. The number of rotatable bonds is 12. The molecule has 2 aromatic rings. The number of nitrogens with zero attached hydrogens (tertiary/aromatic N) is 2. The number of ether oxygens (including phenoxy) is 3.